The van der Waals surface area contributed by atoms with Crippen molar-refractivity contribution in [1.29, 1.82) is 0 Å². The highest BCUT2D eigenvalue weighted by Crippen LogP contribution is 2.20. The lowest BCUT2D eigenvalue weighted by atomic mass is 9.91. The van der Waals surface area contributed by atoms with Crippen molar-refractivity contribution in [2.75, 3.05) is 6.61 Å². The summed E-state index contributed by atoms with van der Waals surface area (Å²) >= 11 is 0. The van der Waals surface area contributed by atoms with Gasteiger partial charge >= 0.3 is 5.97 Å². The van der Waals surface area contributed by atoms with E-state index in [9.17, 15) is 18.0 Å². The number of hydrogen-bond acceptors (Lipinski definition) is 5. The summed E-state index contributed by atoms with van der Waals surface area (Å²) < 4.78 is 29.8. The largest absolute Gasteiger partial charge is 0.454 e. The van der Waals surface area contributed by atoms with E-state index in [0.717, 1.165) is 11.3 Å². The van der Waals surface area contributed by atoms with Gasteiger partial charge in [0.25, 0.3) is 0 Å². The molecule has 0 spiro atoms. The summed E-state index contributed by atoms with van der Waals surface area (Å²) in [6.07, 6.45) is 0. The zero-order chi connectivity index (χ0) is 21.3. The zero-order valence-electron chi connectivity index (χ0n) is 16.8. The van der Waals surface area contributed by atoms with Crippen LogP contribution in [0.4, 0.5) is 0 Å². The average molecular weight is 407 g/mol. The SMILES string of the molecule is Cc1cc(C(=O)OCC(=O)C(C)(C)C)c(C)n1Cc1ccc(S(N)(=O)=O)cc1. The predicted molar refractivity (Wildman–Crippen MR) is 106 cm³/mol. The summed E-state index contributed by atoms with van der Waals surface area (Å²) in [5.41, 5.74) is 2.25. The first-order valence-electron chi connectivity index (χ1n) is 8.79. The molecule has 1 aromatic heterocycles. The third-order valence-electron chi connectivity index (χ3n) is 4.56. The minimum Gasteiger partial charge on any atom is -0.454 e. The van der Waals surface area contributed by atoms with E-state index in [1.165, 1.54) is 12.1 Å². The molecule has 152 valence electrons. The third-order valence-corrected chi connectivity index (χ3v) is 5.49. The van der Waals surface area contributed by atoms with Gasteiger partial charge in [-0.3, -0.25) is 4.79 Å². The van der Waals surface area contributed by atoms with Crippen LogP contribution >= 0.6 is 0 Å². The molecule has 7 nitrogen and oxygen atoms in total. The molecule has 8 heteroatoms. The number of nitrogens with zero attached hydrogens (tertiary/aromatic N) is 1. The first-order chi connectivity index (χ1) is 12.8. The molecule has 0 atom stereocenters. The number of hydrogen-bond donors (Lipinski definition) is 1. The van der Waals surface area contributed by atoms with Gasteiger partial charge in [-0.2, -0.15) is 0 Å². The number of carbonyl (C=O) groups is 2. The van der Waals surface area contributed by atoms with E-state index in [2.05, 4.69) is 0 Å². The molecule has 0 aliphatic heterocycles. The van der Waals surface area contributed by atoms with Gasteiger partial charge in [-0.1, -0.05) is 32.9 Å². The highest BCUT2D eigenvalue weighted by Gasteiger charge is 2.24. The predicted octanol–water partition coefficient (Wildman–Crippen LogP) is 2.57. The number of aryl methyl sites for hydroxylation is 1. The summed E-state index contributed by atoms with van der Waals surface area (Å²) in [5.74, 6) is -0.689. The molecule has 0 aliphatic carbocycles. The molecule has 0 unspecified atom stereocenters. The normalized spacial score (nSPS) is 12.1. The first kappa shape index (κ1) is 21.8. The van der Waals surface area contributed by atoms with Crippen LogP contribution in [0.25, 0.3) is 0 Å². The average Bonchev–Trinajstić information content (AvgIpc) is 2.86. The molecule has 0 bridgehead atoms. The quantitative estimate of drug-likeness (QED) is 0.742. The fourth-order valence-electron chi connectivity index (χ4n) is 2.64. The molecule has 0 saturated heterocycles. The lowest BCUT2D eigenvalue weighted by molar-refractivity contribution is -0.129. The number of esters is 1. The molecular weight excluding hydrogens is 380 g/mol. The fourth-order valence-corrected chi connectivity index (χ4v) is 3.16. The number of benzene rings is 1. The summed E-state index contributed by atoms with van der Waals surface area (Å²) in [5, 5.41) is 5.11. The van der Waals surface area contributed by atoms with E-state index in [1.54, 1.807) is 45.9 Å². The summed E-state index contributed by atoms with van der Waals surface area (Å²) in [7, 11) is -3.74. The van der Waals surface area contributed by atoms with Gasteiger partial charge < -0.3 is 9.30 Å². The van der Waals surface area contributed by atoms with E-state index in [0.29, 0.717) is 17.8 Å². The van der Waals surface area contributed by atoms with Gasteiger partial charge in [0.15, 0.2) is 12.4 Å². The van der Waals surface area contributed by atoms with Crippen LogP contribution in [0, 0.1) is 19.3 Å². The van der Waals surface area contributed by atoms with Gasteiger partial charge in [-0.15, -0.1) is 0 Å². The molecule has 28 heavy (non-hydrogen) atoms. The molecular formula is C20H26N2O5S. The molecule has 1 aromatic carbocycles. The van der Waals surface area contributed by atoms with Crippen LogP contribution in [0.5, 0.6) is 0 Å². The zero-order valence-corrected chi connectivity index (χ0v) is 17.6. The summed E-state index contributed by atoms with van der Waals surface area (Å²) in [4.78, 5) is 24.4. The van der Waals surface area contributed by atoms with Crippen LogP contribution in [0.3, 0.4) is 0 Å². The maximum atomic E-state index is 12.4. The second-order valence-corrected chi connectivity index (χ2v) is 9.37. The number of carbonyl (C=O) groups excluding carboxylic acids is 2. The molecule has 2 N–H and O–H groups in total. The molecule has 0 saturated carbocycles. The van der Waals surface area contributed by atoms with Crippen LogP contribution in [-0.4, -0.2) is 31.3 Å². The fraction of sp³-hybridized carbons (Fsp3) is 0.400. The minimum absolute atomic E-state index is 0.0463. The van der Waals surface area contributed by atoms with E-state index in [4.69, 9.17) is 9.88 Å². The summed E-state index contributed by atoms with van der Waals surface area (Å²) in [6, 6.07) is 7.98. The van der Waals surface area contributed by atoms with Crippen LogP contribution in [-0.2, 0) is 26.1 Å². The Bertz CT molecular complexity index is 996. The highest BCUT2D eigenvalue weighted by molar-refractivity contribution is 7.89. The topological polar surface area (TPSA) is 108 Å². The lowest BCUT2D eigenvalue weighted by Gasteiger charge is -2.16. The van der Waals surface area contributed by atoms with Gasteiger partial charge in [0.1, 0.15) is 0 Å². The van der Waals surface area contributed by atoms with Gasteiger partial charge in [0.05, 0.1) is 10.5 Å². The smallest absolute Gasteiger partial charge is 0.340 e. The second kappa shape index (κ2) is 7.89. The van der Waals surface area contributed by atoms with Gasteiger partial charge in [-0.05, 0) is 37.6 Å². The van der Waals surface area contributed by atoms with Gasteiger partial charge in [0, 0.05) is 23.3 Å². The monoisotopic (exact) mass is 406 g/mol. The molecule has 0 aliphatic rings. The molecule has 2 rings (SSSR count). The van der Waals surface area contributed by atoms with Crippen molar-refractivity contribution < 1.29 is 22.7 Å². The van der Waals surface area contributed by atoms with Crippen LogP contribution in [0.1, 0.15) is 48.1 Å². The molecule has 1 heterocycles. The van der Waals surface area contributed by atoms with Crippen molar-refractivity contribution in [3.8, 4) is 0 Å². The number of ether oxygens (including phenoxy) is 1. The minimum atomic E-state index is -3.74. The Labute approximate surface area is 165 Å². The Balaban J connectivity index is 2.17. The number of primary sulfonamides is 1. The van der Waals surface area contributed by atoms with Crippen molar-refractivity contribution >= 4 is 21.8 Å². The Morgan fingerprint density at radius 2 is 1.68 bits per heavy atom. The Morgan fingerprint density at radius 3 is 2.18 bits per heavy atom. The number of nitrogens with two attached hydrogens (primary N) is 1. The van der Waals surface area contributed by atoms with E-state index in [1.807, 2.05) is 11.5 Å². The molecule has 2 aromatic rings. The number of ketones is 1. The Kier molecular flexibility index (Phi) is 6.15. The van der Waals surface area contributed by atoms with E-state index in [-0.39, 0.29) is 17.3 Å². The Hall–Kier alpha value is -2.45. The standard InChI is InChI=1S/C20H26N2O5S/c1-13-10-17(19(24)27-12-18(23)20(3,4)5)14(2)22(13)11-15-6-8-16(9-7-15)28(21,25)26/h6-10H,11-12H2,1-5H3,(H2,21,25,26). The van der Waals surface area contributed by atoms with Crippen molar-refractivity contribution in [2.24, 2.45) is 10.6 Å². The maximum Gasteiger partial charge on any atom is 0.340 e. The molecule has 0 fully saturated rings. The van der Waals surface area contributed by atoms with Gasteiger partial charge in [0.2, 0.25) is 10.0 Å². The number of sulfonamides is 1. The lowest BCUT2D eigenvalue weighted by Crippen LogP contribution is -2.26. The van der Waals surface area contributed by atoms with E-state index >= 15 is 0 Å². The van der Waals surface area contributed by atoms with Crippen molar-refractivity contribution in [3.05, 3.63) is 52.8 Å². The summed E-state index contributed by atoms with van der Waals surface area (Å²) in [6.45, 7) is 9.18. The molecule has 0 amide bonds. The highest BCUT2D eigenvalue weighted by atomic mass is 32.2. The maximum absolute atomic E-state index is 12.4. The van der Waals surface area contributed by atoms with E-state index < -0.39 is 21.4 Å². The number of aromatic nitrogens is 1. The van der Waals surface area contributed by atoms with Gasteiger partial charge in [-0.25, -0.2) is 18.4 Å². The van der Waals surface area contributed by atoms with Crippen molar-refractivity contribution in [3.63, 3.8) is 0 Å². The Morgan fingerprint density at radius 1 is 1.11 bits per heavy atom. The second-order valence-electron chi connectivity index (χ2n) is 7.81. The number of rotatable bonds is 6. The number of Topliss-reactive ketones (excluding diaryl/α,β-unsaturated/α-hetero) is 1. The molecule has 0 radical (unpaired) electrons. The first-order valence-corrected chi connectivity index (χ1v) is 10.3. The van der Waals surface area contributed by atoms with Crippen molar-refractivity contribution in [1.82, 2.24) is 4.57 Å². The van der Waals surface area contributed by atoms with Crippen LogP contribution < -0.4 is 5.14 Å². The third kappa shape index (κ3) is 5.08. The van der Waals surface area contributed by atoms with Crippen LogP contribution in [0.2, 0.25) is 0 Å². The van der Waals surface area contributed by atoms with Crippen molar-refractivity contribution in [2.45, 2.75) is 46.1 Å². The van der Waals surface area contributed by atoms with Crippen LogP contribution in [0.15, 0.2) is 35.2 Å².